The zero-order chi connectivity index (χ0) is 11.1. The van der Waals surface area contributed by atoms with Crippen molar-refractivity contribution in [1.29, 1.82) is 0 Å². The first-order valence-electron chi connectivity index (χ1n) is 4.89. The second-order valence-electron chi connectivity index (χ2n) is 3.80. The van der Waals surface area contributed by atoms with Gasteiger partial charge in [0.05, 0.1) is 0 Å². The van der Waals surface area contributed by atoms with E-state index in [2.05, 4.69) is 26.5 Å². The summed E-state index contributed by atoms with van der Waals surface area (Å²) < 4.78 is 5.13. The van der Waals surface area contributed by atoms with Crippen LogP contribution in [0.25, 0.3) is 0 Å². The smallest absolute Gasteiger partial charge is 0.303 e. The minimum Gasteiger partial charge on any atom is -0.458 e. The van der Waals surface area contributed by atoms with Gasteiger partial charge in [-0.15, -0.1) is 0 Å². The number of carbonyl (C=O) groups excluding carboxylic acids is 1. The van der Waals surface area contributed by atoms with Gasteiger partial charge in [0.1, 0.15) is 6.10 Å². The first-order valence-corrected chi connectivity index (χ1v) is 4.89. The van der Waals surface area contributed by atoms with Crippen LogP contribution in [0.2, 0.25) is 0 Å². The van der Waals surface area contributed by atoms with Crippen LogP contribution in [0.3, 0.4) is 0 Å². The lowest BCUT2D eigenvalue weighted by Crippen LogP contribution is -2.16. The minimum atomic E-state index is -0.241. The molecule has 2 heteroatoms. The largest absolute Gasteiger partial charge is 0.458 e. The molecule has 0 aliphatic rings. The lowest BCUT2D eigenvalue weighted by Gasteiger charge is -2.15. The van der Waals surface area contributed by atoms with Gasteiger partial charge in [0, 0.05) is 6.92 Å². The number of carbonyl (C=O) groups is 1. The van der Waals surface area contributed by atoms with Gasteiger partial charge in [0.15, 0.2) is 0 Å². The van der Waals surface area contributed by atoms with Crippen LogP contribution in [-0.2, 0) is 9.53 Å². The van der Waals surface area contributed by atoms with Gasteiger partial charge in [-0.3, -0.25) is 4.79 Å². The highest BCUT2D eigenvalue weighted by molar-refractivity contribution is 5.66. The van der Waals surface area contributed by atoms with E-state index in [-0.39, 0.29) is 12.1 Å². The molecule has 2 nitrogen and oxygen atoms in total. The Morgan fingerprint density at radius 3 is 2.29 bits per heavy atom. The standard InChI is InChI=1S/C12H20O2/c1-9(2)7-6-8-12(10(3)4)14-11(5)13/h7,12H,3,6,8H2,1-2,4-5H3. The molecule has 0 fully saturated rings. The Kier molecular flexibility index (Phi) is 5.93. The van der Waals surface area contributed by atoms with Crippen molar-refractivity contribution < 1.29 is 9.53 Å². The fraction of sp³-hybridized carbons (Fsp3) is 0.583. The monoisotopic (exact) mass is 196 g/mol. The zero-order valence-electron chi connectivity index (χ0n) is 9.59. The molecule has 0 aliphatic carbocycles. The highest BCUT2D eigenvalue weighted by Gasteiger charge is 2.11. The topological polar surface area (TPSA) is 26.3 Å². The molecule has 80 valence electrons. The lowest BCUT2D eigenvalue weighted by molar-refractivity contribution is -0.144. The molecule has 14 heavy (non-hydrogen) atoms. The van der Waals surface area contributed by atoms with E-state index in [9.17, 15) is 4.79 Å². The molecule has 0 radical (unpaired) electrons. The Labute approximate surface area is 86.6 Å². The molecular formula is C12H20O2. The summed E-state index contributed by atoms with van der Waals surface area (Å²) in [5, 5.41) is 0. The summed E-state index contributed by atoms with van der Waals surface area (Å²) in [6.45, 7) is 11.2. The molecule has 0 aromatic heterocycles. The molecule has 0 amide bonds. The Bertz CT molecular complexity index is 235. The van der Waals surface area contributed by atoms with Gasteiger partial charge in [0.2, 0.25) is 0 Å². The van der Waals surface area contributed by atoms with Crippen molar-refractivity contribution in [1.82, 2.24) is 0 Å². The molecule has 0 aliphatic heterocycles. The molecule has 0 heterocycles. The molecule has 0 bridgehead atoms. The molecule has 0 saturated heterocycles. The summed E-state index contributed by atoms with van der Waals surface area (Å²) in [4.78, 5) is 10.8. The minimum absolute atomic E-state index is 0.136. The third kappa shape index (κ3) is 6.46. The molecule has 1 atom stereocenters. The predicted octanol–water partition coefficient (Wildman–Crippen LogP) is 3.24. The summed E-state index contributed by atoms with van der Waals surface area (Å²) >= 11 is 0. The first-order chi connectivity index (χ1) is 6.43. The normalized spacial score (nSPS) is 11.7. The van der Waals surface area contributed by atoms with Crippen LogP contribution < -0.4 is 0 Å². The predicted molar refractivity (Wildman–Crippen MR) is 59.0 cm³/mol. The van der Waals surface area contributed by atoms with Crippen LogP contribution in [0.4, 0.5) is 0 Å². The van der Waals surface area contributed by atoms with E-state index in [0.717, 1.165) is 18.4 Å². The molecule has 0 N–H and O–H groups in total. The average molecular weight is 196 g/mol. The van der Waals surface area contributed by atoms with Crippen LogP contribution in [-0.4, -0.2) is 12.1 Å². The highest BCUT2D eigenvalue weighted by atomic mass is 16.5. The fourth-order valence-corrected chi connectivity index (χ4v) is 1.13. The molecule has 1 unspecified atom stereocenters. The Balaban J connectivity index is 4.04. The van der Waals surface area contributed by atoms with Crippen molar-refractivity contribution in [3.05, 3.63) is 23.8 Å². The van der Waals surface area contributed by atoms with Crippen molar-refractivity contribution in [3.8, 4) is 0 Å². The fourth-order valence-electron chi connectivity index (χ4n) is 1.13. The van der Waals surface area contributed by atoms with E-state index in [1.54, 1.807) is 0 Å². The maximum absolute atomic E-state index is 10.8. The molecule has 0 aromatic carbocycles. The van der Waals surface area contributed by atoms with Crippen molar-refractivity contribution in [2.75, 3.05) is 0 Å². The number of ether oxygens (including phenoxy) is 1. The van der Waals surface area contributed by atoms with E-state index in [0.29, 0.717) is 0 Å². The molecule has 0 aromatic rings. The highest BCUT2D eigenvalue weighted by Crippen LogP contribution is 2.12. The summed E-state index contributed by atoms with van der Waals surface area (Å²) in [5.74, 6) is -0.241. The molecule has 0 rings (SSSR count). The van der Waals surface area contributed by atoms with Crippen LogP contribution >= 0.6 is 0 Å². The quantitative estimate of drug-likeness (QED) is 0.498. The number of hydrogen-bond donors (Lipinski definition) is 0. The van der Waals surface area contributed by atoms with Gasteiger partial charge in [0.25, 0.3) is 0 Å². The van der Waals surface area contributed by atoms with Crippen LogP contribution in [0, 0.1) is 0 Å². The van der Waals surface area contributed by atoms with Crippen molar-refractivity contribution >= 4 is 5.97 Å². The third-order valence-electron chi connectivity index (χ3n) is 1.84. The second-order valence-corrected chi connectivity index (χ2v) is 3.80. The summed E-state index contributed by atoms with van der Waals surface area (Å²) in [7, 11) is 0. The zero-order valence-corrected chi connectivity index (χ0v) is 9.59. The number of esters is 1. The average Bonchev–Trinajstić information content (AvgIpc) is 2.00. The SMILES string of the molecule is C=C(C)C(CCC=C(C)C)OC(C)=O. The van der Waals surface area contributed by atoms with Crippen molar-refractivity contribution in [2.24, 2.45) is 0 Å². The Hall–Kier alpha value is -1.05. The summed E-state index contributed by atoms with van der Waals surface area (Å²) in [5.41, 5.74) is 2.19. The Morgan fingerprint density at radius 1 is 1.36 bits per heavy atom. The maximum Gasteiger partial charge on any atom is 0.303 e. The summed E-state index contributed by atoms with van der Waals surface area (Å²) in [6.07, 6.45) is 3.75. The second kappa shape index (κ2) is 6.41. The maximum atomic E-state index is 10.8. The van der Waals surface area contributed by atoms with Gasteiger partial charge >= 0.3 is 5.97 Å². The van der Waals surface area contributed by atoms with E-state index in [4.69, 9.17) is 4.74 Å². The van der Waals surface area contributed by atoms with Gasteiger partial charge < -0.3 is 4.74 Å². The van der Waals surface area contributed by atoms with Gasteiger partial charge in [-0.25, -0.2) is 0 Å². The van der Waals surface area contributed by atoms with E-state index in [1.807, 2.05) is 6.92 Å². The van der Waals surface area contributed by atoms with Crippen LogP contribution in [0.1, 0.15) is 40.5 Å². The number of rotatable bonds is 5. The van der Waals surface area contributed by atoms with Crippen LogP contribution in [0.15, 0.2) is 23.8 Å². The van der Waals surface area contributed by atoms with E-state index >= 15 is 0 Å². The Morgan fingerprint density at radius 2 is 1.93 bits per heavy atom. The van der Waals surface area contributed by atoms with Gasteiger partial charge in [-0.2, -0.15) is 0 Å². The first kappa shape index (κ1) is 12.9. The third-order valence-corrected chi connectivity index (χ3v) is 1.84. The molecule has 0 saturated carbocycles. The van der Waals surface area contributed by atoms with E-state index < -0.39 is 0 Å². The summed E-state index contributed by atoms with van der Waals surface area (Å²) in [6, 6.07) is 0. The van der Waals surface area contributed by atoms with Crippen molar-refractivity contribution in [3.63, 3.8) is 0 Å². The van der Waals surface area contributed by atoms with Crippen LogP contribution in [0.5, 0.6) is 0 Å². The van der Waals surface area contributed by atoms with Crippen molar-refractivity contribution in [2.45, 2.75) is 46.6 Å². The van der Waals surface area contributed by atoms with Gasteiger partial charge in [-0.05, 0) is 39.2 Å². The lowest BCUT2D eigenvalue weighted by atomic mass is 10.1. The molecule has 0 spiro atoms. The number of allylic oxidation sites excluding steroid dienone is 2. The molecular weight excluding hydrogens is 176 g/mol. The number of hydrogen-bond acceptors (Lipinski definition) is 2. The van der Waals surface area contributed by atoms with E-state index in [1.165, 1.54) is 12.5 Å². The van der Waals surface area contributed by atoms with Gasteiger partial charge in [-0.1, -0.05) is 18.2 Å².